The summed E-state index contributed by atoms with van der Waals surface area (Å²) in [6, 6.07) is -0.877. The Balaban J connectivity index is 2.76. The van der Waals surface area contributed by atoms with Crippen molar-refractivity contribution in [2.75, 3.05) is 7.05 Å². The first-order valence-electron chi connectivity index (χ1n) is 3.93. The molecule has 0 fully saturated rings. The number of carbonyl (C=O) groups is 2. The molecule has 0 saturated heterocycles. The highest BCUT2D eigenvalue weighted by Gasteiger charge is 2.23. The third-order valence-electron chi connectivity index (χ3n) is 1.94. The number of hydrogen-bond donors (Lipinski definition) is 1. The summed E-state index contributed by atoms with van der Waals surface area (Å²) in [5.74, 6) is -1.49. The summed E-state index contributed by atoms with van der Waals surface area (Å²) in [5.41, 5.74) is 0.237. The number of likely N-dealkylation sites (N-methyl/N-ethyl adjacent to an activating group) is 1. The molecule has 0 aromatic carbocycles. The number of rotatable bonds is 3. The van der Waals surface area contributed by atoms with E-state index in [0.29, 0.717) is 0 Å². The van der Waals surface area contributed by atoms with Crippen LogP contribution in [0.5, 0.6) is 0 Å². The summed E-state index contributed by atoms with van der Waals surface area (Å²) in [5, 5.41) is 12.0. The van der Waals surface area contributed by atoms with Crippen LogP contribution in [0.3, 0.4) is 0 Å². The maximum Gasteiger partial charge on any atom is 0.326 e. The van der Waals surface area contributed by atoms with Crippen LogP contribution in [0.2, 0.25) is 0 Å². The van der Waals surface area contributed by atoms with Crippen molar-refractivity contribution in [2.45, 2.75) is 13.0 Å². The molecular weight excluding hydrogens is 188 g/mol. The van der Waals surface area contributed by atoms with E-state index in [-0.39, 0.29) is 5.56 Å². The minimum atomic E-state index is -1.06. The van der Waals surface area contributed by atoms with Crippen molar-refractivity contribution in [1.82, 2.24) is 10.1 Å². The third kappa shape index (κ3) is 1.90. The monoisotopic (exact) mass is 198 g/mol. The molecule has 1 atom stereocenters. The Kier molecular flexibility index (Phi) is 2.85. The van der Waals surface area contributed by atoms with E-state index in [1.807, 2.05) is 0 Å². The van der Waals surface area contributed by atoms with Gasteiger partial charge in [0.15, 0.2) is 0 Å². The highest BCUT2D eigenvalue weighted by atomic mass is 16.5. The first kappa shape index (κ1) is 10.2. The highest BCUT2D eigenvalue weighted by Crippen LogP contribution is 2.05. The van der Waals surface area contributed by atoms with Crippen LogP contribution in [0.15, 0.2) is 17.0 Å². The van der Waals surface area contributed by atoms with E-state index in [1.165, 1.54) is 26.4 Å². The second kappa shape index (κ2) is 3.91. The standard InChI is InChI=1S/C8H10N2O4/c1-5(8(12)13)10(2)7(11)6-3-9-14-4-6/h3-5H,1-2H3,(H,12,13). The molecule has 1 amide bonds. The van der Waals surface area contributed by atoms with E-state index < -0.39 is 17.9 Å². The Morgan fingerprint density at radius 3 is 2.71 bits per heavy atom. The molecule has 6 heteroatoms. The maximum atomic E-state index is 11.5. The number of amides is 1. The van der Waals surface area contributed by atoms with Crippen LogP contribution < -0.4 is 0 Å². The number of aliphatic carboxylic acids is 1. The Bertz CT molecular complexity index is 333. The smallest absolute Gasteiger partial charge is 0.326 e. The van der Waals surface area contributed by atoms with Crippen molar-refractivity contribution in [3.8, 4) is 0 Å². The van der Waals surface area contributed by atoms with Gasteiger partial charge in [0.05, 0.1) is 11.8 Å². The zero-order valence-corrected chi connectivity index (χ0v) is 7.80. The molecule has 1 heterocycles. The van der Waals surface area contributed by atoms with Crippen molar-refractivity contribution >= 4 is 11.9 Å². The lowest BCUT2D eigenvalue weighted by atomic mass is 10.2. The maximum absolute atomic E-state index is 11.5. The fraction of sp³-hybridized carbons (Fsp3) is 0.375. The SMILES string of the molecule is CC(C(=O)O)N(C)C(=O)c1cnoc1. The normalized spacial score (nSPS) is 12.1. The predicted molar refractivity (Wildman–Crippen MR) is 45.7 cm³/mol. The average Bonchev–Trinajstić information content (AvgIpc) is 2.67. The molecular formula is C8H10N2O4. The van der Waals surface area contributed by atoms with E-state index in [0.717, 1.165) is 4.90 Å². The number of hydrogen-bond acceptors (Lipinski definition) is 4. The largest absolute Gasteiger partial charge is 0.480 e. The molecule has 1 N–H and O–H groups in total. The van der Waals surface area contributed by atoms with Crippen LogP contribution in [-0.2, 0) is 4.79 Å². The summed E-state index contributed by atoms with van der Waals surface area (Å²) in [6.07, 6.45) is 2.42. The second-order valence-electron chi connectivity index (χ2n) is 2.84. The van der Waals surface area contributed by atoms with E-state index in [4.69, 9.17) is 5.11 Å². The van der Waals surface area contributed by atoms with Crippen LogP contribution in [0.1, 0.15) is 17.3 Å². The van der Waals surface area contributed by atoms with Crippen LogP contribution in [0.4, 0.5) is 0 Å². The lowest BCUT2D eigenvalue weighted by Crippen LogP contribution is -2.40. The van der Waals surface area contributed by atoms with Gasteiger partial charge in [-0.25, -0.2) is 4.79 Å². The minimum absolute atomic E-state index is 0.237. The van der Waals surface area contributed by atoms with Gasteiger partial charge >= 0.3 is 5.97 Å². The summed E-state index contributed by atoms with van der Waals surface area (Å²) in [7, 11) is 1.41. The molecule has 1 aromatic heterocycles. The molecule has 0 aliphatic carbocycles. The molecule has 76 valence electrons. The van der Waals surface area contributed by atoms with Crippen molar-refractivity contribution < 1.29 is 19.2 Å². The van der Waals surface area contributed by atoms with E-state index in [2.05, 4.69) is 9.68 Å². The first-order valence-corrected chi connectivity index (χ1v) is 3.93. The lowest BCUT2D eigenvalue weighted by Gasteiger charge is -2.20. The zero-order chi connectivity index (χ0) is 10.7. The minimum Gasteiger partial charge on any atom is -0.480 e. The summed E-state index contributed by atoms with van der Waals surface area (Å²) >= 11 is 0. The number of carboxylic acids is 1. The number of aromatic nitrogens is 1. The molecule has 0 saturated carbocycles. The van der Waals surface area contributed by atoms with Crippen molar-refractivity contribution in [3.05, 3.63) is 18.0 Å². The van der Waals surface area contributed by atoms with Gasteiger partial charge in [-0.15, -0.1) is 0 Å². The van der Waals surface area contributed by atoms with Gasteiger partial charge in [-0.1, -0.05) is 5.16 Å². The van der Waals surface area contributed by atoms with Crippen molar-refractivity contribution in [2.24, 2.45) is 0 Å². The van der Waals surface area contributed by atoms with Crippen molar-refractivity contribution in [1.29, 1.82) is 0 Å². The van der Waals surface area contributed by atoms with Gasteiger partial charge in [-0.3, -0.25) is 4.79 Å². The van der Waals surface area contributed by atoms with Gasteiger partial charge in [0, 0.05) is 7.05 Å². The van der Waals surface area contributed by atoms with Gasteiger partial charge in [0.1, 0.15) is 12.3 Å². The molecule has 0 spiro atoms. The van der Waals surface area contributed by atoms with Gasteiger partial charge in [0.2, 0.25) is 0 Å². The summed E-state index contributed by atoms with van der Waals surface area (Å²) < 4.78 is 4.48. The van der Waals surface area contributed by atoms with Crippen LogP contribution in [0.25, 0.3) is 0 Å². The molecule has 1 aromatic rings. The first-order chi connectivity index (χ1) is 6.54. The molecule has 0 aliphatic heterocycles. The Hall–Kier alpha value is -1.85. The van der Waals surface area contributed by atoms with Crippen LogP contribution >= 0.6 is 0 Å². The highest BCUT2D eigenvalue weighted by molar-refractivity contribution is 5.95. The zero-order valence-electron chi connectivity index (χ0n) is 7.80. The fourth-order valence-electron chi connectivity index (χ4n) is 0.856. The van der Waals surface area contributed by atoms with Crippen molar-refractivity contribution in [3.63, 3.8) is 0 Å². The Labute approximate surface area is 80.1 Å². The number of nitrogens with zero attached hydrogens (tertiary/aromatic N) is 2. The van der Waals surface area contributed by atoms with Crippen LogP contribution in [-0.4, -0.2) is 40.1 Å². The van der Waals surface area contributed by atoms with E-state index >= 15 is 0 Å². The third-order valence-corrected chi connectivity index (χ3v) is 1.94. The molecule has 0 aliphatic rings. The molecule has 1 rings (SSSR count). The fourth-order valence-corrected chi connectivity index (χ4v) is 0.856. The Morgan fingerprint density at radius 1 is 1.64 bits per heavy atom. The van der Waals surface area contributed by atoms with E-state index in [1.54, 1.807) is 0 Å². The topological polar surface area (TPSA) is 83.6 Å². The molecule has 1 unspecified atom stereocenters. The predicted octanol–water partition coefficient (Wildman–Crippen LogP) is 0.220. The molecule has 0 radical (unpaired) electrons. The number of carboxylic acid groups (broad SMARTS) is 1. The van der Waals surface area contributed by atoms with E-state index in [9.17, 15) is 9.59 Å². The average molecular weight is 198 g/mol. The Morgan fingerprint density at radius 2 is 2.29 bits per heavy atom. The molecule has 6 nitrogen and oxygen atoms in total. The summed E-state index contributed by atoms with van der Waals surface area (Å²) in [6.45, 7) is 1.42. The van der Waals surface area contributed by atoms with Gasteiger partial charge in [-0.2, -0.15) is 0 Å². The number of carbonyl (C=O) groups excluding carboxylic acids is 1. The lowest BCUT2D eigenvalue weighted by molar-refractivity contribution is -0.141. The molecule has 0 bridgehead atoms. The van der Waals surface area contributed by atoms with Crippen LogP contribution in [0, 0.1) is 0 Å². The van der Waals surface area contributed by atoms with Gasteiger partial charge in [-0.05, 0) is 6.92 Å². The summed E-state index contributed by atoms with van der Waals surface area (Å²) in [4.78, 5) is 23.2. The second-order valence-corrected chi connectivity index (χ2v) is 2.84. The van der Waals surface area contributed by atoms with Gasteiger partial charge < -0.3 is 14.5 Å². The molecule has 14 heavy (non-hydrogen) atoms. The quantitative estimate of drug-likeness (QED) is 0.751. The van der Waals surface area contributed by atoms with Gasteiger partial charge in [0.25, 0.3) is 5.91 Å².